The van der Waals surface area contributed by atoms with Gasteiger partial charge in [-0.3, -0.25) is 4.79 Å². The van der Waals surface area contributed by atoms with Gasteiger partial charge in [0, 0.05) is 12.8 Å². The summed E-state index contributed by atoms with van der Waals surface area (Å²) in [6.07, 6.45) is 1.99. The molecule has 0 saturated heterocycles. The highest BCUT2D eigenvalue weighted by molar-refractivity contribution is 7.81. The Morgan fingerprint density at radius 2 is 1.89 bits per heavy atom. The molecule has 0 atom stereocenters. The van der Waals surface area contributed by atoms with Crippen molar-refractivity contribution < 1.29 is 9.90 Å². The molecule has 0 aromatic heterocycles. The Morgan fingerprint density at radius 3 is 2.22 bits per heavy atom. The first-order valence-corrected chi connectivity index (χ1v) is 3.51. The zero-order valence-corrected chi connectivity index (χ0v) is 6.03. The highest BCUT2D eigenvalue weighted by Gasteiger charge is 2.27. The second-order valence-electron chi connectivity index (χ2n) is 2.52. The van der Waals surface area contributed by atoms with Crippen LogP contribution < -0.4 is 0 Å². The molecule has 0 spiro atoms. The highest BCUT2D eigenvalue weighted by atomic mass is 32.1. The summed E-state index contributed by atoms with van der Waals surface area (Å²) in [6.45, 7) is 0. The van der Waals surface area contributed by atoms with E-state index in [9.17, 15) is 9.90 Å². The van der Waals surface area contributed by atoms with Gasteiger partial charge in [0.05, 0.1) is 0 Å². The van der Waals surface area contributed by atoms with Crippen LogP contribution in [0.1, 0.15) is 25.7 Å². The standard InChI is InChI=1S/C6H10O2S/c7-5-1-3-6(8,9)4-2-5/h8-9H,1-4H2. The summed E-state index contributed by atoms with van der Waals surface area (Å²) in [5, 5.41) is 9.20. The van der Waals surface area contributed by atoms with Crippen LogP contribution in [0, 0.1) is 0 Å². The van der Waals surface area contributed by atoms with Crippen molar-refractivity contribution in [3.63, 3.8) is 0 Å². The van der Waals surface area contributed by atoms with E-state index >= 15 is 0 Å². The number of thiol groups is 1. The highest BCUT2D eigenvalue weighted by Crippen LogP contribution is 2.28. The van der Waals surface area contributed by atoms with Crippen LogP contribution in [-0.2, 0) is 4.79 Å². The summed E-state index contributed by atoms with van der Waals surface area (Å²) in [4.78, 5) is 9.74. The van der Waals surface area contributed by atoms with E-state index in [1.807, 2.05) is 0 Å². The molecule has 0 radical (unpaired) electrons. The van der Waals surface area contributed by atoms with E-state index in [1.54, 1.807) is 0 Å². The van der Waals surface area contributed by atoms with Crippen molar-refractivity contribution in [2.24, 2.45) is 0 Å². The van der Waals surface area contributed by atoms with Crippen molar-refractivity contribution >= 4 is 18.4 Å². The van der Waals surface area contributed by atoms with Crippen molar-refractivity contribution in [3.05, 3.63) is 0 Å². The first-order chi connectivity index (χ1) is 4.10. The summed E-state index contributed by atoms with van der Waals surface area (Å²) in [5.41, 5.74) is 0. The van der Waals surface area contributed by atoms with Crippen molar-refractivity contribution in [2.75, 3.05) is 0 Å². The Hall–Kier alpha value is -0.0200. The number of ketones is 1. The maximum Gasteiger partial charge on any atom is 0.133 e. The van der Waals surface area contributed by atoms with Crippen LogP contribution in [0.25, 0.3) is 0 Å². The molecule has 0 bridgehead atoms. The average molecular weight is 146 g/mol. The Labute approximate surface area is 59.7 Å². The molecule has 0 unspecified atom stereocenters. The predicted molar refractivity (Wildman–Crippen MR) is 37.4 cm³/mol. The van der Waals surface area contributed by atoms with Gasteiger partial charge in [-0.15, -0.1) is 12.6 Å². The van der Waals surface area contributed by atoms with Crippen LogP contribution in [0.15, 0.2) is 0 Å². The maximum atomic E-state index is 10.6. The van der Waals surface area contributed by atoms with Crippen molar-refractivity contribution in [2.45, 2.75) is 30.6 Å². The molecule has 0 aromatic rings. The minimum atomic E-state index is -0.867. The van der Waals surface area contributed by atoms with Crippen molar-refractivity contribution in [3.8, 4) is 0 Å². The smallest absolute Gasteiger partial charge is 0.133 e. The third-order valence-electron chi connectivity index (χ3n) is 1.61. The fourth-order valence-corrected chi connectivity index (χ4v) is 1.15. The van der Waals surface area contributed by atoms with E-state index in [1.165, 1.54) is 0 Å². The Morgan fingerprint density at radius 1 is 1.44 bits per heavy atom. The summed E-state index contributed by atoms with van der Waals surface area (Å²) in [7, 11) is 0. The molecule has 1 N–H and O–H groups in total. The lowest BCUT2D eigenvalue weighted by Gasteiger charge is -2.25. The lowest BCUT2D eigenvalue weighted by molar-refractivity contribution is -0.122. The number of carbonyl (C=O) groups is 1. The molecule has 0 aromatic carbocycles. The molecule has 0 aliphatic heterocycles. The molecule has 1 aliphatic rings. The lowest BCUT2D eigenvalue weighted by Crippen LogP contribution is -2.27. The second-order valence-corrected chi connectivity index (χ2v) is 3.35. The Kier molecular flexibility index (Phi) is 1.82. The largest absolute Gasteiger partial charge is 0.380 e. The van der Waals surface area contributed by atoms with Gasteiger partial charge in [0.2, 0.25) is 0 Å². The van der Waals surface area contributed by atoms with Crippen LogP contribution in [0.3, 0.4) is 0 Å². The summed E-state index contributed by atoms with van der Waals surface area (Å²) < 4.78 is 0. The molecule has 2 nitrogen and oxygen atoms in total. The van der Waals surface area contributed by atoms with E-state index in [2.05, 4.69) is 12.6 Å². The zero-order valence-electron chi connectivity index (χ0n) is 5.13. The average Bonchev–Trinajstić information content (AvgIpc) is 1.78. The number of hydrogen-bond acceptors (Lipinski definition) is 3. The molecular weight excluding hydrogens is 136 g/mol. The van der Waals surface area contributed by atoms with Gasteiger partial charge in [0.25, 0.3) is 0 Å². The van der Waals surface area contributed by atoms with Crippen LogP contribution in [0.2, 0.25) is 0 Å². The molecule has 1 saturated carbocycles. The van der Waals surface area contributed by atoms with E-state index in [0.717, 1.165) is 0 Å². The number of hydrogen-bond donors (Lipinski definition) is 2. The topological polar surface area (TPSA) is 37.3 Å². The number of Topliss-reactive ketones (excluding diaryl/α,β-unsaturated/α-hetero) is 1. The molecule has 3 heteroatoms. The number of rotatable bonds is 0. The first-order valence-electron chi connectivity index (χ1n) is 3.07. The molecule has 52 valence electrons. The van der Waals surface area contributed by atoms with Gasteiger partial charge in [-0.25, -0.2) is 0 Å². The fourth-order valence-electron chi connectivity index (χ4n) is 0.929. The Balaban J connectivity index is 2.44. The molecule has 0 heterocycles. The van der Waals surface area contributed by atoms with E-state index in [0.29, 0.717) is 25.7 Å². The van der Waals surface area contributed by atoms with Crippen LogP contribution in [0.5, 0.6) is 0 Å². The number of aliphatic hydroxyl groups is 1. The monoisotopic (exact) mass is 146 g/mol. The third kappa shape index (κ3) is 1.99. The van der Waals surface area contributed by atoms with Crippen molar-refractivity contribution in [1.82, 2.24) is 0 Å². The van der Waals surface area contributed by atoms with Crippen molar-refractivity contribution in [1.29, 1.82) is 0 Å². The zero-order chi connectivity index (χ0) is 6.91. The van der Waals surface area contributed by atoms with E-state index in [-0.39, 0.29) is 5.78 Å². The van der Waals surface area contributed by atoms with Gasteiger partial charge in [-0.2, -0.15) is 0 Å². The van der Waals surface area contributed by atoms with Gasteiger partial charge >= 0.3 is 0 Å². The van der Waals surface area contributed by atoms with Gasteiger partial charge < -0.3 is 5.11 Å². The van der Waals surface area contributed by atoms with Crippen LogP contribution in [-0.4, -0.2) is 15.8 Å². The molecule has 1 rings (SSSR count). The SMILES string of the molecule is O=C1CCC(O)(S)CC1. The summed E-state index contributed by atoms with van der Waals surface area (Å²) in [5.74, 6) is 0.244. The number of carbonyl (C=O) groups excluding carboxylic acids is 1. The minimum absolute atomic E-state index is 0.244. The van der Waals surface area contributed by atoms with E-state index < -0.39 is 4.93 Å². The fraction of sp³-hybridized carbons (Fsp3) is 0.833. The third-order valence-corrected chi connectivity index (χ3v) is 2.06. The second kappa shape index (κ2) is 2.31. The molecule has 1 aliphatic carbocycles. The van der Waals surface area contributed by atoms with Gasteiger partial charge in [0.15, 0.2) is 0 Å². The van der Waals surface area contributed by atoms with Gasteiger partial charge in [-0.1, -0.05) is 0 Å². The normalized spacial score (nSPS) is 26.2. The molecule has 0 amide bonds. The summed E-state index contributed by atoms with van der Waals surface area (Å²) >= 11 is 3.96. The van der Waals surface area contributed by atoms with Crippen LogP contribution in [0.4, 0.5) is 0 Å². The lowest BCUT2D eigenvalue weighted by atomic mass is 9.96. The quantitative estimate of drug-likeness (QED) is 0.391. The summed E-state index contributed by atoms with van der Waals surface area (Å²) in [6, 6.07) is 0. The Bertz CT molecular complexity index is 119. The molecule has 9 heavy (non-hydrogen) atoms. The first kappa shape index (κ1) is 7.09. The molecular formula is C6H10O2S. The van der Waals surface area contributed by atoms with Gasteiger partial charge in [-0.05, 0) is 12.8 Å². The predicted octanol–water partition coefficient (Wildman–Crippen LogP) is 0.748. The maximum absolute atomic E-state index is 10.6. The van der Waals surface area contributed by atoms with Crippen LogP contribution >= 0.6 is 12.6 Å². The van der Waals surface area contributed by atoms with Gasteiger partial charge in [0.1, 0.15) is 10.7 Å². The molecule has 1 fully saturated rings. The minimum Gasteiger partial charge on any atom is -0.380 e. The van der Waals surface area contributed by atoms with E-state index in [4.69, 9.17) is 0 Å².